The second-order valence-corrected chi connectivity index (χ2v) is 13.0. The van der Waals surface area contributed by atoms with E-state index >= 15 is 0 Å². The summed E-state index contributed by atoms with van der Waals surface area (Å²) in [5, 5.41) is 5.15. The highest BCUT2D eigenvalue weighted by atomic mass is 32.1. The standard InChI is InChI=1S/C28H36N4O3S/c1-18-5-7-19(8-6-18)25(35)31(21-9-10-21)14-23(33)30-26-29-20(15-36-26)11-24(34)32-17-28(4)13-22(32)12-27(2,3)16-28/h5-8,15,21-22H,9-14,16-17H2,1-4H3,(H,29,30,33). The summed E-state index contributed by atoms with van der Waals surface area (Å²) in [4.78, 5) is 47.2. The maximum Gasteiger partial charge on any atom is 0.254 e. The van der Waals surface area contributed by atoms with Gasteiger partial charge in [0, 0.05) is 29.6 Å². The minimum atomic E-state index is -0.266. The number of anilines is 1. The van der Waals surface area contributed by atoms with Crippen molar-refractivity contribution in [3.63, 3.8) is 0 Å². The Morgan fingerprint density at radius 2 is 1.86 bits per heavy atom. The Morgan fingerprint density at radius 1 is 1.14 bits per heavy atom. The van der Waals surface area contributed by atoms with E-state index in [1.165, 1.54) is 11.3 Å². The van der Waals surface area contributed by atoms with Gasteiger partial charge in [0.15, 0.2) is 5.13 Å². The lowest BCUT2D eigenvalue weighted by Crippen LogP contribution is -2.39. The lowest BCUT2D eigenvalue weighted by molar-refractivity contribution is -0.131. The summed E-state index contributed by atoms with van der Waals surface area (Å²) in [7, 11) is 0. The number of benzene rings is 1. The average molecular weight is 509 g/mol. The van der Waals surface area contributed by atoms with Crippen LogP contribution in [0.1, 0.15) is 74.5 Å². The molecule has 0 radical (unpaired) electrons. The van der Waals surface area contributed by atoms with Gasteiger partial charge >= 0.3 is 0 Å². The number of likely N-dealkylation sites (tertiary alicyclic amines) is 1. The molecule has 5 rings (SSSR count). The molecule has 1 N–H and O–H groups in total. The molecule has 2 bridgehead atoms. The van der Waals surface area contributed by atoms with Crippen LogP contribution in [-0.4, -0.2) is 57.7 Å². The van der Waals surface area contributed by atoms with Gasteiger partial charge < -0.3 is 15.1 Å². The third-order valence-corrected chi connectivity index (χ3v) is 8.53. The Balaban J connectivity index is 1.17. The molecule has 8 heteroatoms. The van der Waals surface area contributed by atoms with Crippen LogP contribution in [0, 0.1) is 17.8 Å². The summed E-state index contributed by atoms with van der Waals surface area (Å²) in [6.07, 6.45) is 5.37. The van der Waals surface area contributed by atoms with Gasteiger partial charge in [0.05, 0.1) is 12.1 Å². The molecule has 2 atom stereocenters. The molecule has 36 heavy (non-hydrogen) atoms. The van der Waals surface area contributed by atoms with E-state index in [9.17, 15) is 14.4 Å². The number of nitrogens with one attached hydrogen (secondary N) is 1. The van der Waals surface area contributed by atoms with Crippen molar-refractivity contribution in [2.24, 2.45) is 10.8 Å². The van der Waals surface area contributed by atoms with Gasteiger partial charge in [0.2, 0.25) is 11.8 Å². The zero-order valence-electron chi connectivity index (χ0n) is 21.7. The minimum Gasteiger partial charge on any atom is -0.339 e. The highest BCUT2D eigenvalue weighted by Gasteiger charge is 2.50. The number of hydrogen-bond acceptors (Lipinski definition) is 5. The van der Waals surface area contributed by atoms with Crippen LogP contribution in [0.2, 0.25) is 0 Å². The highest BCUT2D eigenvalue weighted by Crippen LogP contribution is 2.52. The van der Waals surface area contributed by atoms with Crippen LogP contribution in [-0.2, 0) is 16.0 Å². The minimum absolute atomic E-state index is 0.00491. The van der Waals surface area contributed by atoms with Gasteiger partial charge in [-0.15, -0.1) is 11.3 Å². The van der Waals surface area contributed by atoms with Crippen molar-refractivity contribution >= 4 is 34.2 Å². The fourth-order valence-electron chi connectivity index (χ4n) is 6.38. The lowest BCUT2D eigenvalue weighted by Gasteiger charge is -2.39. The Labute approximate surface area is 217 Å². The van der Waals surface area contributed by atoms with Crippen molar-refractivity contribution in [1.82, 2.24) is 14.8 Å². The number of rotatable bonds is 7. The topological polar surface area (TPSA) is 82.6 Å². The van der Waals surface area contributed by atoms with Crippen LogP contribution >= 0.6 is 11.3 Å². The van der Waals surface area contributed by atoms with Gasteiger partial charge in [-0.05, 0) is 62.0 Å². The summed E-state index contributed by atoms with van der Waals surface area (Å²) < 4.78 is 0. The second-order valence-electron chi connectivity index (χ2n) is 12.1. The van der Waals surface area contributed by atoms with Crippen molar-refractivity contribution in [3.8, 4) is 0 Å². The first-order chi connectivity index (χ1) is 17.0. The summed E-state index contributed by atoms with van der Waals surface area (Å²) in [5.41, 5.74) is 2.83. The number of fused-ring (bicyclic) bond motifs is 2. The monoisotopic (exact) mass is 508 g/mol. The zero-order valence-corrected chi connectivity index (χ0v) is 22.5. The number of nitrogens with zero attached hydrogens (tertiary/aromatic N) is 3. The van der Waals surface area contributed by atoms with Crippen molar-refractivity contribution in [2.75, 3.05) is 18.4 Å². The Morgan fingerprint density at radius 3 is 2.56 bits per heavy atom. The maximum absolute atomic E-state index is 13.2. The van der Waals surface area contributed by atoms with Crippen molar-refractivity contribution in [1.29, 1.82) is 0 Å². The van der Waals surface area contributed by atoms with E-state index in [4.69, 9.17) is 0 Å². The van der Waals surface area contributed by atoms with E-state index in [2.05, 4.69) is 36.0 Å². The summed E-state index contributed by atoms with van der Waals surface area (Å²) in [6.45, 7) is 9.71. The quantitative estimate of drug-likeness (QED) is 0.590. The number of hydrogen-bond donors (Lipinski definition) is 1. The first-order valence-corrected chi connectivity index (χ1v) is 13.8. The van der Waals surface area contributed by atoms with E-state index in [1.807, 2.05) is 36.6 Å². The van der Waals surface area contributed by atoms with Gasteiger partial charge in [0.25, 0.3) is 5.91 Å². The van der Waals surface area contributed by atoms with Crippen molar-refractivity contribution in [2.45, 2.75) is 78.3 Å². The molecule has 3 amide bonds. The normalized spacial score (nSPS) is 24.4. The lowest BCUT2D eigenvalue weighted by atomic mass is 9.65. The molecule has 7 nitrogen and oxygen atoms in total. The van der Waals surface area contributed by atoms with Crippen LogP contribution in [0.25, 0.3) is 0 Å². The molecule has 3 fully saturated rings. The second kappa shape index (κ2) is 9.29. The van der Waals surface area contributed by atoms with Gasteiger partial charge in [-0.1, -0.05) is 38.5 Å². The summed E-state index contributed by atoms with van der Waals surface area (Å²) >= 11 is 1.32. The van der Waals surface area contributed by atoms with E-state index < -0.39 is 0 Å². The van der Waals surface area contributed by atoms with Crippen molar-refractivity contribution in [3.05, 3.63) is 46.5 Å². The van der Waals surface area contributed by atoms with Gasteiger partial charge in [0.1, 0.15) is 6.54 Å². The molecule has 1 aliphatic heterocycles. The third kappa shape index (κ3) is 5.48. The van der Waals surface area contributed by atoms with Gasteiger partial charge in [-0.2, -0.15) is 0 Å². The number of aryl methyl sites for hydroxylation is 1. The van der Waals surface area contributed by atoms with Crippen LogP contribution in [0.4, 0.5) is 5.13 Å². The Bertz CT molecular complexity index is 1170. The van der Waals surface area contributed by atoms with Crippen LogP contribution in [0.15, 0.2) is 29.6 Å². The molecular formula is C28H36N4O3S. The predicted octanol–water partition coefficient (Wildman–Crippen LogP) is 4.66. The van der Waals surface area contributed by atoms with Gasteiger partial charge in [-0.3, -0.25) is 14.4 Å². The first-order valence-electron chi connectivity index (χ1n) is 12.9. The smallest absolute Gasteiger partial charge is 0.254 e. The molecule has 1 aromatic heterocycles. The summed E-state index contributed by atoms with van der Waals surface area (Å²) in [6, 6.07) is 7.86. The van der Waals surface area contributed by atoms with Crippen LogP contribution < -0.4 is 5.32 Å². The fraction of sp³-hybridized carbons (Fsp3) is 0.571. The van der Waals surface area contributed by atoms with Gasteiger partial charge in [-0.25, -0.2) is 4.98 Å². The predicted molar refractivity (Wildman–Crippen MR) is 141 cm³/mol. The highest BCUT2D eigenvalue weighted by molar-refractivity contribution is 7.13. The molecule has 0 spiro atoms. The molecule has 3 aliphatic rings. The number of carbonyl (C=O) groups excluding carboxylic acids is 3. The third-order valence-electron chi connectivity index (χ3n) is 7.73. The van der Waals surface area contributed by atoms with E-state index in [0.29, 0.717) is 22.4 Å². The molecular weight excluding hydrogens is 472 g/mol. The SMILES string of the molecule is Cc1ccc(C(=O)N(CC(=O)Nc2nc(CC(=O)N3CC4(C)CC3CC(C)(C)C4)cs2)C2CC2)cc1. The Kier molecular flexibility index (Phi) is 6.43. The number of thiazole rings is 1. The molecule has 2 saturated carbocycles. The molecule has 192 valence electrons. The number of aromatic nitrogens is 1. The molecule has 1 saturated heterocycles. The molecule has 2 aliphatic carbocycles. The maximum atomic E-state index is 13.2. The Hall–Kier alpha value is -2.74. The largest absolute Gasteiger partial charge is 0.339 e. The molecule has 2 unspecified atom stereocenters. The number of carbonyl (C=O) groups is 3. The van der Waals surface area contributed by atoms with Crippen LogP contribution in [0.3, 0.4) is 0 Å². The van der Waals surface area contributed by atoms with E-state index in [1.54, 1.807) is 4.90 Å². The molecule has 2 aromatic rings. The average Bonchev–Trinajstić information content (AvgIpc) is 3.48. The van der Waals surface area contributed by atoms with E-state index in [-0.39, 0.29) is 47.6 Å². The molecule has 2 heterocycles. The fourth-order valence-corrected chi connectivity index (χ4v) is 7.11. The molecule has 1 aromatic carbocycles. The van der Waals surface area contributed by atoms with E-state index in [0.717, 1.165) is 44.2 Å². The number of amides is 3. The van der Waals surface area contributed by atoms with Crippen molar-refractivity contribution < 1.29 is 14.4 Å². The zero-order chi connectivity index (χ0) is 25.7. The first kappa shape index (κ1) is 24.9. The summed E-state index contributed by atoms with van der Waals surface area (Å²) in [5.74, 6) is -0.267. The van der Waals surface area contributed by atoms with Crippen LogP contribution in [0.5, 0.6) is 0 Å².